The summed E-state index contributed by atoms with van der Waals surface area (Å²) in [5, 5.41) is -1.54. The number of hydrogen-bond acceptors (Lipinski definition) is 6. The summed E-state index contributed by atoms with van der Waals surface area (Å²) in [6.07, 6.45) is 1.27. The van der Waals surface area contributed by atoms with Gasteiger partial charge in [-0.3, -0.25) is 0 Å². The molecule has 2 N–H and O–H groups in total. The Kier molecular flexibility index (Phi) is 5.60. The van der Waals surface area contributed by atoms with Crippen LogP contribution in [-0.4, -0.2) is 46.7 Å². The summed E-state index contributed by atoms with van der Waals surface area (Å²) in [5.41, 5.74) is 7.18. The standard InChI is InChI=1S/C19H24N2O4S2/c1-26(22,23)18-11-19(14-21(13-18)16-7-3-2-4-8-16)27(24,25)17-9-5-6-15(10-17)12-20/h2-10,18-19H,11-14,20H2,1H3/t18-,19-/m0/s1. The Morgan fingerprint density at radius 1 is 0.963 bits per heavy atom. The smallest absolute Gasteiger partial charge is 0.183 e. The third-order valence-electron chi connectivity index (χ3n) is 5.00. The molecule has 2 aromatic rings. The van der Waals surface area contributed by atoms with Crippen molar-refractivity contribution in [3.8, 4) is 0 Å². The van der Waals surface area contributed by atoms with Gasteiger partial charge in [0.1, 0.15) is 0 Å². The van der Waals surface area contributed by atoms with Gasteiger partial charge in [-0.05, 0) is 36.2 Å². The molecule has 0 saturated carbocycles. The second-order valence-electron chi connectivity index (χ2n) is 6.95. The molecule has 0 amide bonds. The Balaban J connectivity index is 1.99. The molecule has 1 saturated heterocycles. The van der Waals surface area contributed by atoms with E-state index in [1.54, 1.807) is 24.3 Å². The summed E-state index contributed by atoms with van der Waals surface area (Å²) in [6, 6.07) is 15.9. The highest BCUT2D eigenvalue weighted by atomic mass is 32.2. The van der Waals surface area contributed by atoms with Gasteiger partial charge in [0.05, 0.1) is 15.4 Å². The van der Waals surface area contributed by atoms with Crippen LogP contribution in [0.15, 0.2) is 59.5 Å². The number of benzene rings is 2. The zero-order valence-electron chi connectivity index (χ0n) is 15.2. The van der Waals surface area contributed by atoms with Gasteiger partial charge in [-0.1, -0.05) is 30.3 Å². The van der Waals surface area contributed by atoms with Crippen molar-refractivity contribution in [3.63, 3.8) is 0 Å². The van der Waals surface area contributed by atoms with Crippen LogP contribution in [0.25, 0.3) is 0 Å². The molecule has 0 unspecified atom stereocenters. The van der Waals surface area contributed by atoms with Gasteiger partial charge in [-0.25, -0.2) is 16.8 Å². The lowest BCUT2D eigenvalue weighted by atomic mass is 10.1. The molecule has 0 radical (unpaired) electrons. The number of anilines is 1. The number of para-hydroxylation sites is 1. The van der Waals surface area contributed by atoms with Crippen molar-refractivity contribution in [3.05, 3.63) is 60.2 Å². The van der Waals surface area contributed by atoms with Crippen molar-refractivity contribution in [2.45, 2.75) is 28.4 Å². The molecular formula is C19H24N2O4S2. The predicted molar refractivity (Wildman–Crippen MR) is 107 cm³/mol. The lowest BCUT2D eigenvalue weighted by Gasteiger charge is -2.38. The topological polar surface area (TPSA) is 97.5 Å². The van der Waals surface area contributed by atoms with Crippen molar-refractivity contribution in [1.29, 1.82) is 0 Å². The van der Waals surface area contributed by atoms with Crippen molar-refractivity contribution in [2.75, 3.05) is 24.2 Å². The number of hydrogen-bond donors (Lipinski definition) is 1. The first-order valence-corrected chi connectivity index (χ1v) is 12.2. The van der Waals surface area contributed by atoms with Gasteiger partial charge >= 0.3 is 0 Å². The maximum Gasteiger partial charge on any atom is 0.183 e. The molecule has 3 rings (SSSR count). The highest BCUT2D eigenvalue weighted by molar-refractivity contribution is 7.92. The highest BCUT2D eigenvalue weighted by Gasteiger charge is 2.40. The molecule has 0 aliphatic carbocycles. The molecule has 0 bridgehead atoms. The summed E-state index contributed by atoms with van der Waals surface area (Å²) in [6.45, 7) is 0.791. The largest absolute Gasteiger partial charge is 0.369 e. The second kappa shape index (κ2) is 7.61. The fraction of sp³-hybridized carbons (Fsp3) is 0.368. The Labute approximate surface area is 160 Å². The van der Waals surface area contributed by atoms with Gasteiger partial charge in [0.2, 0.25) is 0 Å². The molecule has 146 valence electrons. The average molecular weight is 409 g/mol. The summed E-state index contributed by atoms with van der Waals surface area (Å²) in [5.74, 6) is 0. The SMILES string of the molecule is CS(=O)(=O)[C@H]1C[C@H](S(=O)(=O)c2cccc(CN)c2)CN(c2ccccc2)C1. The summed E-state index contributed by atoms with van der Waals surface area (Å²) in [7, 11) is -7.07. The van der Waals surface area contributed by atoms with E-state index in [4.69, 9.17) is 5.73 Å². The Bertz CT molecular complexity index is 1010. The second-order valence-corrected chi connectivity index (χ2v) is 11.5. The fourth-order valence-corrected chi connectivity index (χ4v) is 6.42. The van der Waals surface area contributed by atoms with Crippen molar-refractivity contribution in [2.24, 2.45) is 5.73 Å². The monoisotopic (exact) mass is 408 g/mol. The van der Waals surface area contributed by atoms with Crippen LogP contribution in [0.1, 0.15) is 12.0 Å². The van der Waals surface area contributed by atoms with E-state index in [1.807, 2.05) is 35.2 Å². The van der Waals surface area contributed by atoms with E-state index >= 15 is 0 Å². The summed E-state index contributed by atoms with van der Waals surface area (Å²) < 4.78 is 51.0. The summed E-state index contributed by atoms with van der Waals surface area (Å²) >= 11 is 0. The molecule has 1 aliphatic heterocycles. The lowest BCUT2D eigenvalue weighted by molar-refractivity contribution is 0.516. The van der Waals surface area contributed by atoms with Crippen LogP contribution < -0.4 is 10.6 Å². The third-order valence-corrected chi connectivity index (χ3v) is 8.68. The summed E-state index contributed by atoms with van der Waals surface area (Å²) in [4.78, 5) is 2.04. The minimum absolute atomic E-state index is 0.0946. The molecule has 0 aromatic heterocycles. The Morgan fingerprint density at radius 2 is 1.63 bits per heavy atom. The zero-order valence-corrected chi connectivity index (χ0v) is 16.8. The maximum absolute atomic E-state index is 13.2. The van der Waals surface area contributed by atoms with Crippen LogP contribution in [0.3, 0.4) is 0 Å². The zero-order chi connectivity index (χ0) is 19.7. The van der Waals surface area contributed by atoms with Crippen LogP contribution in [0.5, 0.6) is 0 Å². The highest BCUT2D eigenvalue weighted by Crippen LogP contribution is 2.30. The molecule has 2 aromatic carbocycles. The number of nitrogens with two attached hydrogens (primary N) is 1. The van der Waals surface area contributed by atoms with E-state index in [0.29, 0.717) is 0 Å². The molecule has 2 atom stereocenters. The molecule has 8 heteroatoms. The van der Waals surface area contributed by atoms with Crippen LogP contribution in [0.2, 0.25) is 0 Å². The quantitative estimate of drug-likeness (QED) is 0.807. The minimum atomic E-state index is -3.69. The van der Waals surface area contributed by atoms with Crippen LogP contribution in [0, 0.1) is 0 Å². The third kappa shape index (κ3) is 4.34. The fourth-order valence-electron chi connectivity index (χ4n) is 3.43. The van der Waals surface area contributed by atoms with Crippen LogP contribution in [-0.2, 0) is 26.2 Å². The lowest BCUT2D eigenvalue weighted by Crippen LogP contribution is -2.51. The normalized spacial score (nSPS) is 21.2. The molecule has 1 heterocycles. The molecule has 6 nitrogen and oxygen atoms in total. The molecule has 1 fully saturated rings. The molecular weight excluding hydrogens is 384 g/mol. The van der Waals surface area contributed by atoms with Crippen molar-refractivity contribution < 1.29 is 16.8 Å². The van der Waals surface area contributed by atoms with Crippen molar-refractivity contribution >= 4 is 25.4 Å². The van der Waals surface area contributed by atoms with E-state index in [2.05, 4.69) is 0 Å². The first-order chi connectivity index (χ1) is 12.7. The van der Waals surface area contributed by atoms with E-state index in [1.165, 1.54) is 6.26 Å². The van der Waals surface area contributed by atoms with Gasteiger partial charge in [0.25, 0.3) is 0 Å². The number of nitrogens with zero attached hydrogens (tertiary/aromatic N) is 1. The Morgan fingerprint density at radius 3 is 2.26 bits per heavy atom. The van der Waals surface area contributed by atoms with Gasteiger partial charge in [-0.2, -0.15) is 0 Å². The number of rotatable bonds is 5. The molecule has 0 spiro atoms. The van der Waals surface area contributed by atoms with E-state index in [9.17, 15) is 16.8 Å². The van der Waals surface area contributed by atoms with Gasteiger partial charge in [0, 0.05) is 31.6 Å². The number of piperidine rings is 1. The van der Waals surface area contributed by atoms with Crippen molar-refractivity contribution in [1.82, 2.24) is 0 Å². The molecule has 27 heavy (non-hydrogen) atoms. The maximum atomic E-state index is 13.2. The minimum Gasteiger partial charge on any atom is -0.369 e. The molecule has 1 aliphatic rings. The van der Waals surface area contributed by atoms with Crippen LogP contribution >= 0.6 is 0 Å². The van der Waals surface area contributed by atoms with E-state index in [-0.39, 0.29) is 31.0 Å². The van der Waals surface area contributed by atoms with Crippen LogP contribution in [0.4, 0.5) is 5.69 Å². The first kappa shape index (κ1) is 19.9. The number of sulfone groups is 2. The van der Waals surface area contributed by atoms with E-state index < -0.39 is 30.2 Å². The van der Waals surface area contributed by atoms with Gasteiger partial charge in [0.15, 0.2) is 19.7 Å². The van der Waals surface area contributed by atoms with E-state index in [0.717, 1.165) is 11.3 Å². The predicted octanol–water partition coefficient (Wildman–Crippen LogP) is 1.61. The Hall–Kier alpha value is -1.90. The van der Waals surface area contributed by atoms with Gasteiger partial charge < -0.3 is 10.6 Å². The van der Waals surface area contributed by atoms with Gasteiger partial charge in [-0.15, -0.1) is 0 Å². The average Bonchev–Trinajstić information content (AvgIpc) is 2.67. The first-order valence-electron chi connectivity index (χ1n) is 8.73.